The lowest BCUT2D eigenvalue weighted by Gasteiger charge is -2.02. The number of benzene rings is 1. The molecule has 7 nitrogen and oxygen atoms in total. The zero-order valence-electron chi connectivity index (χ0n) is 16.9. The van der Waals surface area contributed by atoms with Crippen LogP contribution in [0, 0.1) is 0 Å². The van der Waals surface area contributed by atoms with Gasteiger partial charge in [-0.25, -0.2) is 4.98 Å². The van der Waals surface area contributed by atoms with Gasteiger partial charge in [0.15, 0.2) is 28.9 Å². The molecule has 1 saturated carbocycles. The van der Waals surface area contributed by atoms with E-state index in [1.54, 1.807) is 23.9 Å². The third kappa shape index (κ3) is 4.20. The van der Waals surface area contributed by atoms with Gasteiger partial charge in [-0.3, -0.25) is 14.3 Å². The molecule has 8 heteroatoms. The summed E-state index contributed by atoms with van der Waals surface area (Å²) in [5, 5.41) is 7.26. The second-order valence-corrected chi connectivity index (χ2v) is 8.71. The maximum Gasteiger partial charge on any atom is 0.279 e. The average Bonchev–Trinajstić information content (AvgIpc) is 3.16. The lowest BCUT2D eigenvalue weighted by atomic mass is 10.1. The first-order chi connectivity index (χ1) is 15.1. The molecule has 1 aromatic carbocycles. The van der Waals surface area contributed by atoms with Gasteiger partial charge in [-0.1, -0.05) is 30.3 Å². The Balaban J connectivity index is 1.34. The summed E-state index contributed by atoms with van der Waals surface area (Å²) < 4.78 is 7.69. The average molecular weight is 433 g/mol. The number of rotatable bonds is 7. The number of carbonyl (C=O) groups excluding carboxylic acids is 2. The topological polar surface area (TPSA) is 90.0 Å². The zero-order chi connectivity index (χ0) is 21.4. The SMILES string of the molecule is CC(=O)c1ccc(Cn2ccc(NC(=O)c3nc(C4CC4)oc3-c3ccccc3)n2)s1. The molecule has 3 heterocycles. The molecule has 31 heavy (non-hydrogen) atoms. The second kappa shape index (κ2) is 7.96. The quantitative estimate of drug-likeness (QED) is 0.416. The highest BCUT2D eigenvalue weighted by molar-refractivity contribution is 7.14. The fourth-order valence-electron chi connectivity index (χ4n) is 3.28. The smallest absolute Gasteiger partial charge is 0.279 e. The molecule has 3 aromatic heterocycles. The summed E-state index contributed by atoms with van der Waals surface area (Å²) in [5.41, 5.74) is 1.09. The molecule has 156 valence electrons. The highest BCUT2D eigenvalue weighted by atomic mass is 32.1. The Labute approximate surface area is 182 Å². The monoisotopic (exact) mass is 432 g/mol. The van der Waals surface area contributed by atoms with Crippen LogP contribution in [-0.4, -0.2) is 26.5 Å². The maximum atomic E-state index is 13.0. The normalized spacial score (nSPS) is 13.3. The standard InChI is InChI=1S/C23H20N4O3S/c1-14(28)18-10-9-17(31-18)13-27-12-11-19(26-27)24-22(29)20-21(15-5-3-2-4-6-15)30-23(25-20)16-7-8-16/h2-6,9-12,16H,7-8,13H2,1H3,(H,24,26,29). The Morgan fingerprint density at radius 2 is 1.97 bits per heavy atom. The number of Topliss-reactive ketones (excluding diaryl/α,β-unsaturated/α-hetero) is 1. The number of nitrogens with one attached hydrogen (secondary N) is 1. The molecule has 1 amide bonds. The van der Waals surface area contributed by atoms with Crippen LogP contribution >= 0.6 is 11.3 Å². The predicted molar refractivity (Wildman–Crippen MR) is 118 cm³/mol. The lowest BCUT2D eigenvalue weighted by Crippen LogP contribution is -2.14. The van der Waals surface area contributed by atoms with Gasteiger partial charge in [0.1, 0.15) is 0 Å². The number of hydrogen-bond acceptors (Lipinski definition) is 6. The van der Waals surface area contributed by atoms with Crippen molar-refractivity contribution in [3.05, 3.63) is 76.1 Å². The Morgan fingerprint density at radius 1 is 1.16 bits per heavy atom. The van der Waals surface area contributed by atoms with Gasteiger partial charge in [-0.05, 0) is 31.9 Å². The maximum absolute atomic E-state index is 13.0. The summed E-state index contributed by atoms with van der Waals surface area (Å²) in [6.07, 6.45) is 3.86. The van der Waals surface area contributed by atoms with Crippen LogP contribution in [0.25, 0.3) is 11.3 Å². The fourth-order valence-corrected chi connectivity index (χ4v) is 4.18. The largest absolute Gasteiger partial charge is 0.440 e. The molecule has 0 spiro atoms. The van der Waals surface area contributed by atoms with Crippen LogP contribution in [0.3, 0.4) is 0 Å². The summed E-state index contributed by atoms with van der Waals surface area (Å²) >= 11 is 1.45. The second-order valence-electron chi connectivity index (χ2n) is 7.54. The van der Waals surface area contributed by atoms with Crippen LogP contribution in [0.2, 0.25) is 0 Å². The lowest BCUT2D eigenvalue weighted by molar-refractivity contribution is 0.101. The number of thiophene rings is 1. The summed E-state index contributed by atoms with van der Waals surface area (Å²) in [6, 6.07) is 15.0. The minimum absolute atomic E-state index is 0.0528. The molecule has 0 unspecified atom stereocenters. The molecule has 1 N–H and O–H groups in total. The number of hydrogen-bond donors (Lipinski definition) is 1. The zero-order valence-corrected chi connectivity index (χ0v) is 17.7. The van der Waals surface area contributed by atoms with Gasteiger partial charge in [0, 0.05) is 28.6 Å². The Bertz CT molecular complexity index is 1250. The molecule has 0 atom stereocenters. The fraction of sp³-hybridized carbons (Fsp3) is 0.217. The van der Waals surface area contributed by atoms with E-state index in [1.807, 2.05) is 42.5 Å². The van der Waals surface area contributed by atoms with E-state index in [-0.39, 0.29) is 17.4 Å². The molecule has 0 aliphatic heterocycles. The molecular weight excluding hydrogens is 412 g/mol. The summed E-state index contributed by atoms with van der Waals surface area (Å²) in [7, 11) is 0. The van der Waals surface area contributed by atoms with Crippen molar-refractivity contribution >= 4 is 28.8 Å². The minimum atomic E-state index is -0.352. The molecule has 1 aliphatic rings. The van der Waals surface area contributed by atoms with E-state index >= 15 is 0 Å². The van der Waals surface area contributed by atoms with Crippen LogP contribution in [0.4, 0.5) is 5.82 Å². The first-order valence-electron chi connectivity index (χ1n) is 10.1. The molecule has 0 bridgehead atoms. The van der Waals surface area contributed by atoms with Gasteiger partial charge in [0.25, 0.3) is 5.91 Å². The Kier molecular flexibility index (Phi) is 4.99. The molecule has 4 aromatic rings. The number of oxazole rings is 1. The third-order valence-corrected chi connectivity index (χ3v) is 6.20. The van der Waals surface area contributed by atoms with E-state index in [2.05, 4.69) is 15.4 Å². The Hall–Kier alpha value is -3.52. The third-order valence-electron chi connectivity index (χ3n) is 5.03. The molecule has 5 rings (SSSR count). The highest BCUT2D eigenvalue weighted by Crippen LogP contribution is 2.41. The van der Waals surface area contributed by atoms with Gasteiger partial charge in [-0.2, -0.15) is 5.10 Å². The molecule has 1 aliphatic carbocycles. The van der Waals surface area contributed by atoms with Crippen molar-refractivity contribution in [2.75, 3.05) is 5.32 Å². The van der Waals surface area contributed by atoms with Crippen LogP contribution in [-0.2, 0) is 6.54 Å². The van der Waals surface area contributed by atoms with E-state index in [4.69, 9.17) is 4.42 Å². The van der Waals surface area contributed by atoms with E-state index in [0.717, 1.165) is 28.2 Å². The first kappa shape index (κ1) is 19.4. The van der Waals surface area contributed by atoms with Gasteiger partial charge in [0.2, 0.25) is 0 Å². The number of nitrogens with zero attached hydrogens (tertiary/aromatic N) is 3. The van der Waals surface area contributed by atoms with Gasteiger partial charge in [-0.15, -0.1) is 11.3 Å². The van der Waals surface area contributed by atoms with Gasteiger partial charge in [0.05, 0.1) is 11.4 Å². The first-order valence-corrected chi connectivity index (χ1v) is 10.9. The van der Waals surface area contributed by atoms with E-state index in [1.165, 1.54) is 11.3 Å². The van der Waals surface area contributed by atoms with Crippen LogP contribution < -0.4 is 5.32 Å². The van der Waals surface area contributed by atoms with Crippen molar-refractivity contribution in [2.24, 2.45) is 0 Å². The molecule has 0 saturated heterocycles. The van der Waals surface area contributed by atoms with Crippen molar-refractivity contribution in [1.82, 2.24) is 14.8 Å². The van der Waals surface area contributed by atoms with E-state index in [0.29, 0.717) is 29.9 Å². The highest BCUT2D eigenvalue weighted by Gasteiger charge is 2.32. The van der Waals surface area contributed by atoms with Crippen LogP contribution in [0.1, 0.15) is 56.6 Å². The minimum Gasteiger partial charge on any atom is -0.440 e. The summed E-state index contributed by atoms with van der Waals surface area (Å²) in [5.74, 6) is 1.53. The van der Waals surface area contributed by atoms with Gasteiger partial charge >= 0.3 is 0 Å². The number of amides is 1. The number of anilines is 1. The van der Waals surface area contributed by atoms with Gasteiger partial charge < -0.3 is 9.73 Å². The Morgan fingerprint density at radius 3 is 2.68 bits per heavy atom. The summed E-state index contributed by atoms with van der Waals surface area (Å²) in [6.45, 7) is 2.08. The van der Waals surface area contributed by atoms with Crippen molar-refractivity contribution in [3.63, 3.8) is 0 Å². The van der Waals surface area contributed by atoms with Crippen LogP contribution in [0.5, 0.6) is 0 Å². The molecule has 1 fully saturated rings. The predicted octanol–water partition coefficient (Wildman–Crippen LogP) is 4.98. The van der Waals surface area contributed by atoms with E-state index in [9.17, 15) is 9.59 Å². The van der Waals surface area contributed by atoms with Crippen molar-refractivity contribution < 1.29 is 14.0 Å². The molecule has 0 radical (unpaired) electrons. The van der Waals surface area contributed by atoms with Crippen LogP contribution in [0.15, 0.2) is 59.1 Å². The number of carbonyl (C=O) groups is 2. The number of ketones is 1. The summed E-state index contributed by atoms with van der Waals surface area (Å²) in [4.78, 5) is 30.7. The van der Waals surface area contributed by atoms with E-state index < -0.39 is 0 Å². The molecular formula is C23H20N4O3S. The van der Waals surface area contributed by atoms with Crippen molar-refractivity contribution in [1.29, 1.82) is 0 Å². The number of aromatic nitrogens is 3. The van der Waals surface area contributed by atoms with Crippen molar-refractivity contribution in [2.45, 2.75) is 32.2 Å². The van der Waals surface area contributed by atoms with Crippen molar-refractivity contribution in [3.8, 4) is 11.3 Å².